The predicted molar refractivity (Wildman–Crippen MR) is 133 cm³/mol. The first-order chi connectivity index (χ1) is 19.2. The SMILES string of the molecule is O=C1OC(C[C@]2(C(=O)O)O[C@H](O)[C@H](O)[C@@H](O)[C@H]2O)CN1c1ccc2cc(-c3ccccc3C(F)(F)F)[nH]c(=O)c2c1. The van der Waals surface area contributed by atoms with Crippen LogP contribution in [0.1, 0.15) is 12.0 Å². The number of aliphatic hydroxyl groups excluding tert-OH is 4. The van der Waals surface area contributed by atoms with Crippen molar-refractivity contribution in [2.45, 2.75) is 48.9 Å². The van der Waals surface area contributed by atoms with Gasteiger partial charge >= 0.3 is 18.2 Å². The molecule has 1 aromatic heterocycles. The maximum absolute atomic E-state index is 13.5. The molecule has 0 spiro atoms. The number of ether oxygens (including phenoxy) is 2. The molecular formula is C26H23F3N2O10. The Balaban J connectivity index is 1.43. The number of aliphatic hydroxyl groups is 4. The van der Waals surface area contributed by atoms with Crippen molar-refractivity contribution in [3.63, 3.8) is 0 Å². The second-order valence-electron chi connectivity index (χ2n) is 9.78. The molecule has 15 heteroatoms. The average Bonchev–Trinajstić information content (AvgIpc) is 3.29. The van der Waals surface area contributed by atoms with Crippen LogP contribution >= 0.6 is 0 Å². The fourth-order valence-corrected chi connectivity index (χ4v) is 5.12. The number of benzene rings is 2. The summed E-state index contributed by atoms with van der Waals surface area (Å²) < 4.78 is 50.7. The molecule has 6 N–H and O–H groups in total. The summed E-state index contributed by atoms with van der Waals surface area (Å²) in [6.45, 7) is -0.293. The molecule has 0 radical (unpaired) electrons. The third-order valence-corrected chi connectivity index (χ3v) is 7.21. The highest BCUT2D eigenvalue weighted by Gasteiger charge is 2.60. The fourth-order valence-electron chi connectivity index (χ4n) is 5.12. The van der Waals surface area contributed by atoms with Crippen molar-refractivity contribution >= 4 is 28.5 Å². The number of carboxylic acid groups (broad SMARTS) is 1. The normalized spacial score (nSPS) is 28.6. The number of aromatic amines is 1. The number of anilines is 1. The molecule has 5 rings (SSSR count). The predicted octanol–water partition coefficient (Wildman–Crippen LogP) is 1.18. The summed E-state index contributed by atoms with van der Waals surface area (Å²) in [6, 6.07) is 10.2. The molecule has 2 fully saturated rings. The van der Waals surface area contributed by atoms with E-state index >= 15 is 0 Å². The number of rotatable bonds is 5. The summed E-state index contributed by atoms with van der Waals surface area (Å²) in [6.07, 6.45) is -16.0. The first kappa shape index (κ1) is 28.5. The third kappa shape index (κ3) is 4.91. The summed E-state index contributed by atoms with van der Waals surface area (Å²) in [5, 5.41) is 50.1. The molecule has 1 unspecified atom stereocenters. The van der Waals surface area contributed by atoms with Crippen LogP contribution in [0.15, 0.2) is 53.3 Å². The molecule has 6 atom stereocenters. The molecule has 2 saturated heterocycles. The van der Waals surface area contributed by atoms with Gasteiger partial charge in [0.05, 0.1) is 12.1 Å². The number of cyclic esters (lactones) is 1. The van der Waals surface area contributed by atoms with Crippen LogP contribution in [0.5, 0.6) is 0 Å². The molecule has 41 heavy (non-hydrogen) atoms. The number of carboxylic acids is 1. The van der Waals surface area contributed by atoms with Crippen LogP contribution in [-0.4, -0.2) is 85.4 Å². The van der Waals surface area contributed by atoms with Crippen LogP contribution in [0, 0.1) is 0 Å². The lowest BCUT2D eigenvalue weighted by Gasteiger charge is -2.45. The smallest absolute Gasteiger partial charge is 0.417 e. The lowest BCUT2D eigenvalue weighted by molar-refractivity contribution is -0.318. The largest absolute Gasteiger partial charge is 0.479 e. The zero-order valence-corrected chi connectivity index (χ0v) is 20.8. The topological polar surface area (TPSA) is 190 Å². The monoisotopic (exact) mass is 580 g/mol. The summed E-state index contributed by atoms with van der Waals surface area (Å²) in [5.74, 6) is -1.79. The van der Waals surface area contributed by atoms with E-state index in [0.717, 1.165) is 11.0 Å². The van der Waals surface area contributed by atoms with Crippen LogP contribution in [-0.2, 0) is 20.4 Å². The van der Waals surface area contributed by atoms with Crippen molar-refractivity contribution in [3.8, 4) is 11.3 Å². The summed E-state index contributed by atoms with van der Waals surface area (Å²) in [4.78, 5) is 41.1. The molecule has 0 saturated carbocycles. The molecule has 12 nitrogen and oxygen atoms in total. The third-order valence-electron chi connectivity index (χ3n) is 7.21. The number of fused-ring (bicyclic) bond motifs is 1. The number of nitrogens with zero attached hydrogens (tertiary/aromatic N) is 1. The first-order valence-corrected chi connectivity index (χ1v) is 12.2. The van der Waals surface area contributed by atoms with Crippen LogP contribution in [0.2, 0.25) is 0 Å². The van der Waals surface area contributed by atoms with Gasteiger partial charge in [0.25, 0.3) is 5.56 Å². The Morgan fingerprint density at radius 3 is 2.44 bits per heavy atom. The van der Waals surface area contributed by atoms with E-state index in [9.17, 15) is 53.1 Å². The number of hydrogen-bond acceptors (Lipinski definition) is 9. The van der Waals surface area contributed by atoms with Gasteiger partial charge < -0.3 is 40.0 Å². The minimum Gasteiger partial charge on any atom is -0.479 e. The zero-order valence-electron chi connectivity index (χ0n) is 20.8. The Morgan fingerprint density at radius 1 is 1.05 bits per heavy atom. The highest BCUT2D eigenvalue weighted by molar-refractivity contribution is 5.95. The van der Waals surface area contributed by atoms with Crippen molar-refractivity contribution in [2.24, 2.45) is 0 Å². The number of aromatic nitrogens is 1. The van der Waals surface area contributed by atoms with E-state index in [-0.39, 0.29) is 34.3 Å². The molecule has 218 valence electrons. The van der Waals surface area contributed by atoms with Gasteiger partial charge in [0.15, 0.2) is 11.9 Å². The second kappa shape index (κ2) is 10.1. The Hall–Kier alpha value is -4.02. The highest BCUT2D eigenvalue weighted by atomic mass is 19.4. The van der Waals surface area contributed by atoms with E-state index in [4.69, 9.17) is 9.47 Å². The molecule has 0 bridgehead atoms. The number of pyridine rings is 1. The lowest BCUT2D eigenvalue weighted by atomic mass is 9.82. The van der Waals surface area contributed by atoms with Gasteiger partial charge in [0.1, 0.15) is 24.4 Å². The quantitative estimate of drug-likeness (QED) is 0.256. The molecule has 3 aromatic rings. The van der Waals surface area contributed by atoms with Gasteiger partial charge in [-0.15, -0.1) is 0 Å². The Bertz CT molecular complexity index is 1580. The second-order valence-corrected chi connectivity index (χ2v) is 9.78. The van der Waals surface area contributed by atoms with Gasteiger partial charge in [-0.05, 0) is 29.7 Å². The summed E-state index contributed by atoms with van der Waals surface area (Å²) in [5.41, 5.74) is -4.45. The number of carbonyl (C=O) groups excluding carboxylic acids is 1. The van der Waals surface area contributed by atoms with Crippen LogP contribution < -0.4 is 10.5 Å². The molecule has 2 aromatic carbocycles. The van der Waals surface area contributed by atoms with Crippen LogP contribution in [0.3, 0.4) is 0 Å². The van der Waals surface area contributed by atoms with Crippen LogP contribution in [0.4, 0.5) is 23.7 Å². The number of aliphatic carboxylic acids is 1. The van der Waals surface area contributed by atoms with Gasteiger partial charge in [-0.2, -0.15) is 13.2 Å². The van der Waals surface area contributed by atoms with Gasteiger partial charge in [-0.25, -0.2) is 9.59 Å². The maximum atomic E-state index is 13.5. The van der Waals surface area contributed by atoms with E-state index in [1.807, 2.05) is 0 Å². The van der Waals surface area contributed by atoms with Crippen molar-refractivity contribution in [1.29, 1.82) is 0 Å². The van der Waals surface area contributed by atoms with E-state index in [1.54, 1.807) is 0 Å². The summed E-state index contributed by atoms with van der Waals surface area (Å²) >= 11 is 0. The van der Waals surface area contributed by atoms with Crippen molar-refractivity contribution < 1.29 is 57.8 Å². The van der Waals surface area contributed by atoms with Crippen molar-refractivity contribution in [2.75, 3.05) is 11.4 Å². The number of carbonyl (C=O) groups is 2. The number of hydrogen-bond donors (Lipinski definition) is 6. The Labute approximate surface area is 227 Å². The number of H-pyrrole nitrogens is 1. The standard InChI is InChI=1S/C26H23F3N2O10/c27-26(28,29)16-4-2-1-3-14(16)17-7-11-5-6-12(8-15(11)21(35)30-17)31-10-13(40-24(31)39)9-25(23(37)38)20(34)18(32)19(33)22(36)41-25/h1-8,13,18-20,22,32-34,36H,9-10H2,(H,30,35)(H,37,38)/t13?,18-,19-,20-,22+,25+/m1/s1. The minimum absolute atomic E-state index is 0.0419. The van der Waals surface area contributed by atoms with Gasteiger partial charge in [-0.3, -0.25) is 9.69 Å². The number of alkyl halides is 3. The fraction of sp³-hybridized carbons (Fsp3) is 0.346. The Morgan fingerprint density at radius 2 is 1.76 bits per heavy atom. The molecule has 2 aliphatic heterocycles. The maximum Gasteiger partial charge on any atom is 0.417 e. The van der Waals surface area contributed by atoms with Gasteiger partial charge in [-0.1, -0.05) is 24.3 Å². The van der Waals surface area contributed by atoms with Crippen LogP contribution in [0.25, 0.3) is 22.0 Å². The van der Waals surface area contributed by atoms with E-state index < -0.39 is 72.1 Å². The van der Waals surface area contributed by atoms with Gasteiger partial charge in [0, 0.05) is 28.8 Å². The number of nitrogens with one attached hydrogen (secondary N) is 1. The highest BCUT2D eigenvalue weighted by Crippen LogP contribution is 2.38. The summed E-state index contributed by atoms with van der Waals surface area (Å²) in [7, 11) is 0. The minimum atomic E-state index is -4.66. The molecule has 3 heterocycles. The van der Waals surface area contributed by atoms with E-state index in [2.05, 4.69) is 4.98 Å². The lowest BCUT2D eigenvalue weighted by Crippen LogP contribution is -2.68. The van der Waals surface area contributed by atoms with E-state index in [0.29, 0.717) is 0 Å². The first-order valence-electron chi connectivity index (χ1n) is 12.2. The Kier molecular flexibility index (Phi) is 7.03. The number of halogens is 3. The van der Waals surface area contributed by atoms with Crippen molar-refractivity contribution in [1.82, 2.24) is 4.98 Å². The van der Waals surface area contributed by atoms with Crippen molar-refractivity contribution in [3.05, 3.63) is 64.4 Å². The number of amides is 1. The molecular weight excluding hydrogens is 557 g/mol. The molecule has 1 amide bonds. The van der Waals surface area contributed by atoms with Gasteiger partial charge in [0.2, 0.25) is 0 Å². The molecule has 2 aliphatic rings. The van der Waals surface area contributed by atoms with E-state index in [1.165, 1.54) is 42.5 Å². The zero-order chi connectivity index (χ0) is 29.9. The molecule has 0 aliphatic carbocycles. The average molecular weight is 580 g/mol.